The van der Waals surface area contributed by atoms with Crippen LogP contribution in [0.2, 0.25) is 0 Å². The average molecular weight is 259 g/mol. The summed E-state index contributed by atoms with van der Waals surface area (Å²) in [6, 6.07) is 0. The van der Waals surface area contributed by atoms with Crippen LogP contribution in [0, 0.1) is 5.92 Å². The second-order valence-corrected chi connectivity index (χ2v) is 7.32. The van der Waals surface area contributed by atoms with Crippen molar-refractivity contribution in [1.82, 2.24) is 5.32 Å². The minimum Gasteiger partial charge on any atom is -0.316 e. The van der Waals surface area contributed by atoms with Crippen molar-refractivity contribution in [2.24, 2.45) is 5.92 Å². The first-order chi connectivity index (χ1) is 8.20. The fourth-order valence-electron chi connectivity index (χ4n) is 2.52. The number of rotatable bonds is 6. The van der Waals surface area contributed by atoms with Crippen LogP contribution in [0.3, 0.4) is 0 Å². The predicted molar refractivity (Wildman–Crippen MR) is 76.8 cm³/mol. The van der Waals surface area contributed by atoms with Crippen molar-refractivity contribution in [3.05, 3.63) is 0 Å². The van der Waals surface area contributed by atoms with E-state index < -0.39 is 10.8 Å². The lowest BCUT2D eigenvalue weighted by Crippen LogP contribution is -2.27. The van der Waals surface area contributed by atoms with Gasteiger partial charge >= 0.3 is 0 Å². The summed E-state index contributed by atoms with van der Waals surface area (Å²) in [7, 11) is -0.664. The second-order valence-electron chi connectivity index (χ2n) is 5.51. The summed E-state index contributed by atoms with van der Waals surface area (Å²) in [4.78, 5) is 0. The summed E-state index contributed by atoms with van der Waals surface area (Å²) in [5.41, 5.74) is 0. The van der Waals surface area contributed by atoms with Gasteiger partial charge in [-0.3, -0.25) is 4.21 Å². The molecule has 0 aromatic carbocycles. The Bertz CT molecular complexity index is 212. The van der Waals surface area contributed by atoms with Gasteiger partial charge in [-0.15, -0.1) is 0 Å². The van der Waals surface area contributed by atoms with Gasteiger partial charge in [-0.25, -0.2) is 0 Å². The molecule has 2 unspecified atom stereocenters. The first kappa shape index (κ1) is 15.2. The SMILES string of the molecule is CC(CCNCC1CCCCCCC1)S(C)=O. The minimum atomic E-state index is -0.664. The lowest BCUT2D eigenvalue weighted by atomic mass is 9.91. The fraction of sp³-hybridized carbons (Fsp3) is 1.00. The van der Waals surface area contributed by atoms with E-state index in [9.17, 15) is 4.21 Å². The van der Waals surface area contributed by atoms with Crippen LogP contribution < -0.4 is 5.32 Å². The first-order valence-electron chi connectivity index (χ1n) is 7.23. The smallest absolute Gasteiger partial charge is 0.0329 e. The third-order valence-corrected chi connectivity index (χ3v) is 5.32. The van der Waals surface area contributed by atoms with Crippen LogP contribution in [0.1, 0.15) is 58.3 Å². The highest BCUT2D eigenvalue weighted by molar-refractivity contribution is 7.84. The number of nitrogens with one attached hydrogen (secondary N) is 1. The summed E-state index contributed by atoms with van der Waals surface area (Å²) in [5.74, 6) is 0.887. The molecule has 1 saturated carbocycles. The van der Waals surface area contributed by atoms with Crippen molar-refractivity contribution < 1.29 is 4.21 Å². The van der Waals surface area contributed by atoms with Crippen molar-refractivity contribution in [2.75, 3.05) is 19.3 Å². The van der Waals surface area contributed by atoms with E-state index in [0.717, 1.165) is 18.9 Å². The van der Waals surface area contributed by atoms with E-state index in [-0.39, 0.29) is 0 Å². The zero-order chi connectivity index (χ0) is 12.5. The molecular formula is C14H29NOS. The summed E-state index contributed by atoms with van der Waals surface area (Å²) in [6.45, 7) is 4.27. The van der Waals surface area contributed by atoms with Crippen LogP contribution in [0.4, 0.5) is 0 Å². The van der Waals surface area contributed by atoms with E-state index in [2.05, 4.69) is 12.2 Å². The van der Waals surface area contributed by atoms with Crippen LogP contribution in [0.15, 0.2) is 0 Å². The maximum Gasteiger partial charge on any atom is 0.0329 e. The third kappa shape index (κ3) is 7.20. The van der Waals surface area contributed by atoms with Crippen molar-refractivity contribution in [3.8, 4) is 0 Å². The molecule has 0 saturated heterocycles. The van der Waals surface area contributed by atoms with Gasteiger partial charge in [0.2, 0.25) is 0 Å². The van der Waals surface area contributed by atoms with Gasteiger partial charge in [-0.2, -0.15) is 0 Å². The minimum absolute atomic E-state index is 0.333. The fourth-order valence-corrected chi connectivity index (χ4v) is 2.97. The molecular weight excluding hydrogens is 230 g/mol. The summed E-state index contributed by atoms with van der Waals surface area (Å²) < 4.78 is 11.2. The average Bonchev–Trinajstić information content (AvgIpc) is 2.25. The largest absolute Gasteiger partial charge is 0.316 e. The maximum atomic E-state index is 11.2. The summed E-state index contributed by atoms with van der Waals surface area (Å²) in [6.07, 6.45) is 12.8. The standard InChI is InChI=1S/C14H29NOS/c1-13(17(2)16)10-11-15-12-14-8-6-4-3-5-7-9-14/h13-15H,3-12H2,1-2H3. The summed E-state index contributed by atoms with van der Waals surface area (Å²) in [5, 5.41) is 3.89. The molecule has 1 fully saturated rings. The molecule has 0 heterocycles. The second kappa shape index (κ2) is 9.09. The maximum absolute atomic E-state index is 11.2. The molecule has 0 aromatic heterocycles. The first-order valence-corrected chi connectivity index (χ1v) is 8.85. The predicted octanol–water partition coefficient (Wildman–Crippen LogP) is 3.09. The highest BCUT2D eigenvalue weighted by atomic mass is 32.2. The Morgan fingerprint density at radius 3 is 2.35 bits per heavy atom. The highest BCUT2D eigenvalue weighted by Gasteiger charge is 2.11. The molecule has 0 aromatic rings. The highest BCUT2D eigenvalue weighted by Crippen LogP contribution is 2.21. The third-order valence-electron chi connectivity index (χ3n) is 3.95. The van der Waals surface area contributed by atoms with Crippen molar-refractivity contribution in [3.63, 3.8) is 0 Å². The number of hydrogen-bond donors (Lipinski definition) is 1. The molecule has 2 atom stereocenters. The Morgan fingerprint density at radius 2 is 1.76 bits per heavy atom. The molecule has 0 amide bonds. The lowest BCUT2D eigenvalue weighted by molar-refractivity contribution is 0.361. The quantitative estimate of drug-likeness (QED) is 0.743. The molecule has 102 valence electrons. The Kier molecular flexibility index (Phi) is 8.12. The lowest BCUT2D eigenvalue weighted by Gasteiger charge is -2.20. The molecule has 2 nitrogen and oxygen atoms in total. The Hall–Kier alpha value is 0.110. The molecule has 1 aliphatic rings. The molecule has 1 N–H and O–H groups in total. The van der Waals surface area contributed by atoms with E-state index in [1.807, 2.05) is 0 Å². The Labute approximate surface area is 109 Å². The Balaban J connectivity index is 2.06. The van der Waals surface area contributed by atoms with Gasteiger partial charge in [0.1, 0.15) is 0 Å². The van der Waals surface area contributed by atoms with Crippen LogP contribution in [0.25, 0.3) is 0 Å². The van der Waals surface area contributed by atoms with Gasteiger partial charge in [0.05, 0.1) is 0 Å². The van der Waals surface area contributed by atoms with E-state index >= 15 is 0 Å². The molecule has 1 rings (SSSR count). The molecule has 1 aliphatic carbocycles. The topological polar surface area (TPSA) is 29.1 Å². The summed E-state index contributed by atoms with van der Waals surface area (Å²) >= 11 is 0. The van der Waals surface area contributed by atoms with Gasteiger partial charge in [-0.05, 0) is 38.3 Å². The molecule has 0 spiro atoms. The van der Waals surface area contributed by atoms with Crippen molar-refractivity contribution in [1.29, 1.82) is 0 Å². The van der Waals surface area contributed by atoms with Crippen LogP contribution in [0.5, 0.6) is 0 Å². The van der Waals surface area contributed by atoms with E-state index in [1.54, 1.807) is 6.26 Å². The van der Waals surface area contributed by atoms with Crippen LogP contribution in [-0.4, -0.2) is 28.8 Å². The zero-order valence-electron chi connectivity index (χ0n) is 11.5. The molecule has 3 heteroatoms. The van der Waals surface area contributed by atoms with Gasteiger partial charge in [-0.1, -0.05) is 39.0 Å². The normalized spacial score (nSPS) is 22.7. The van der Waals surface area contributed by atoms with Gasteiger partial charge in [0.15, 0.2) is 0 Å². The van der Waals surface area contributed by atoms with E-state index in [4.69, 9.17) is 0 Å². The van der Waals surface area contributed by atoms with Gasteiger partial charge in [0.25, 0.3) is 0 Å². The van der Waals surface area contributed by atoms with Crippen LogP contribution in [-0.2, 0) is 10.8 Å². The van der Waals surface area contributed by atoms with Crippen molar-refractivity contribution >= 4 is 10.8 Å². The van der Waals surface area contributed by atoms with Crippen LogP contribution >= 0.6 is 0 Å². The van der Waals surface area contributed by atoms with Crippen molar-refractivity contribution in [2.45, 2.75) is 63.5 Å². The van der Waals surface area contributed by atoms with Gasteiger partial charge < -0.3 is 5.32 Å². The Morgan fingerprint density at radius 1 is 1.18 bits per heavy atom. The molecule has 0 aliphatic heterocycles. The van der Waals surface area contributed by atoms with Gasteiger partial charge in [0, 0.05) is 22.3 Å². The molecule has 0 bridgehead atoms. The van der Waals surface area contributed by atoms with E-state index in [1.165, 1.54) is 51.5 Å². The monoisotopic (exact) mass is 259 g/mol. The molecule has 0 radical (unpaired) electrons. The molecule has 17 heavy (non-hydrogen) atoms. The van der Waals surface area contributed by atoms with E-state index in [0.29, 0.717) is 5.25 Å². The zero-order valence-corrected chi connectivity index (χ0v) is 12.4. The number of hydrogen-bond acceptors (Lipinski definition) is 2.